The Kier molecular flexibility index (Phi) is 6.32. The van der Waals surface area contributed by atoms with E-state index in [0.29, 0.717) is 24.7 Å². The van der Waals surface area contributed by atoms with Gasteiger partial charge in [-0.25, -0.2) is 8.42 Å². The Morgan fingerprint density at radius 2 is 1.87 bits per heavy atom. The fourth-order valence-electron chi connectivity index (χ4n) is 3.37. The highest BCUT2D eigenvalue weighted by Crippen LogP contribution is 2.41. The van der Waals surface area contributed by atoms with Gasteiger partial charge in [-0.15, -0.1) is 0 Å². The molecule has 1 aromatic heterocycles. The summed E-state index contributed by atoms with van der Waals surface area (Å²) in [6, 6.07) is 6.15. The van der Waals surface area contributed by atoms with Crippen LogP contribution in [0.15, 0.2) is 29.2 Å². The normalized spacial score (nSPS) is 14.9. The molecule has 1 amide bonds. The molecule has 0 bridgehead atoms. The number of sulfonamides is 1. The predicted octanol–water partition coefficient (Wildman–Crippen LogP) is 4.45. The number of amides is 1. The van der Waals surface area contributed by atoms with Crippen molar-refractivity contribution in [3.05, 3.63) is 40.7 Å². The Labute approximate surface area is 183 Å². The Bertz CT molecular complexity index is 1050. The third-order valence-corrected chi connectivity index (χ3v) is 7.51. The van der Waals surface area contributed by atoms with Crippen LogP contribution in [0.25, 0.3) is 0 Å². The Morgan fingerprint density at radius 1 is 1.23 bits per heavy atom. The number of aromatic nitrogens is 2. The lowest BCUT2D eigenvalue weighted by atomic mass is 10.1. The van der Waals surface area contributed by atoms with Crippen molar-refractivity contribution in [1.82, 2.24) is 14.1 Å². The second-order valence-electron chi connectivity index (χ2n) is 8.50. The van der Waals surface area contributed by atoms with E-state index in [1.54, 1.807) is 13.8 Å². The Balaban J connectivity index is 1.91. The first-order chi connectivity index (χ1) is 14.0. The third-order valence-electron chi connectivity index (χ3n) is 5.13. The van der Waals surface area contributed by atoms with Crippen molar-refractivity contribution in [3.63, 3.8) is 0 Å². The lowest BCUT2D eigenvalue weighted by Crippen LogP contribution is -2.30. The van der Waals surface area contributed by atoms with Crippen molar-refractivity contribution in [3.8, 4) is 0 Å². The van der Waals surface area contributed by atoms with Gasteiger partial charge in [-0.05, 0) is 57.9 Å². The molecular formula is C21H29ClN4O3S. The molecule has 1 N–H and O–H groups in total. The maximum Gasteiger partial charge on any atom is 0.276 e. The van der Waals surface area contributed by atoms with E-state index in [1.807, 2.05) is 31.5 Å². The quantitative estimate of drug-likeness (QED) is 0.672. The summed E-state index contributed by atoms with van der Waals surface area (Å²) >= 11 is 6.25. The van der Waals surface area contributed by atoms with Crippen molar-refractivity contribution < 1.29 is 13.2 Å². The van der Waals surface area contributed by atoms with Gasteiger partial charge in [-0.2, -0.15) is 9.40 Å². The first-order valence-corrected chi connectivity index (χ1v) is 12.0. The van der Waals surface area contributed by atoms with Gasteiger partial charge in [-0.1, -0.05) is 25.4 Å². The zero-order chi connectivity index (χ0) is 22.3. The van der Waals surface area contributed by atoms with Crippen LogP contribution in [-0.4, -0.2) is 41.5 Å². The van der Waals surface area contributed by atoms with E-state index in [-0.39, 0.29) is 21.1 Å². The van der Waals surface area contributed by atoms with Crippen LogP contribution < -0.4 is 5.32 Å². The lowest BCUT2D eigenvalue weighted by molar-refractivity contribution is 0.102. The molecule has 1 fully saturated rings. The average Bonchev–Trinajstić information content (AvgIpc) is 3.40. The molecule has 164 valence electrons. The third kappa shape index (κ3) is 4.55. The number of carbonyl (C=O) groups excluding carboxylic acids is 1. The molecule has 0 unspecified atom stereocenters. The molecule has 0 spiro atoms. The first-order valence-electron chi connectivity index (χ1n) is 10.2. The lowest BCUT2D eigenvalue weighted by Gasteiger charge is -2.22. The minimum atomic E-state index is -3.66. The molecule has 2 aromatic rings. The summed E-state index contributed by atoms with van der Waals surface area (Å²) < 4.78 is 28.9. The van der Waals surface area contributed by atoms with Gasteiger partial charge in [0.1, 0.15) is 0 Å². The van der Waals surface area contributed by atoms with E-state index in [2.05, 4.69) is 10.4 Å². The number of anilines is 1. The number of nitrogens with one attached hydrogen (secondary N) is 1. The van der Waals surface area contributed by atoms with Gasteiger partial charge in [0.25, 0.3) is 5.91 Å². The van der Waals surface area contributed by atoms with E-state index in [1.165, 1.54) is 22.5 Å². The Morgan fingerprint density at radius 3 is 2.40 bits per heavy atom. The van der Waals surface area contributed by atoms with Gasteiger partial charge in [0.05, 0.1) is 21.1 Å². The van der Waals surface area contributed by atoms with E-state index >= 15 is 0 Å². The monoisotopic (exact) mass is 452 g/mol. The molecule has 30 heavy (non-hydrogen) atoms. The second kappa shape index (κ2) is 8.32. The SMILES string of the molecule is CCN(CC)S(=O)(=O)c1ccc(Cl)c(NC(=O)c2cc(C3CC3)n(C(C)(C)C)n2)c1. The fourth-order valence-corrected chi connectivity index (χ4v) is 5.02. The van der Waals surface area contributed by atoms with Crippen LogP contribution in [0.5, 0.6) is 0 Å². The van der Waals surface area contributed by atoms with E-state index < -0.39 is 15.9 Å². The van der Waals surface area contributed by atoms with Crippen LogP contribution in [0.3, 0.4) is 0 Å². The first kappa shape index (κ1) is 22.8. The number of halogens is 1. The molecule has 1 aliphatic rings. The maximum atomic E-state index is 12.9. The molecule has 1 aromatic carbocycles. The minimum absolute atomic E-state index is 0.0878. The fraction of sp³-hybridized carbons (Fsp3) is 0.524. The van der Waals surface area contributed by atoms with Crippen LogP contribution in [0.2, 0.25) is 5.02 Å². The molecule has 0 aliphatic heterocycles. The van der Waals surface area contributed by atoms with Gasteiger partial charge in [-0.3, -0.25) is 9.48 Å². The van der Waals surface area contributed by atoms with Crippen LogP contribution in [0.4, 0.5) is 5.69 Å². The van der Waals surface area contributed by atoms with Gasteiger partial charge in [0, 0.05) is 24.7 Å². The number of hydrogen-bond acceptors (Lipinski definition) is 4. The summed E-state index contributed by atoms with van der Waals surface area (Å²) in [6.07, 6.45) is 2.19. The second-order valence-corrected chi connectivity index (χ2v) is 10.8. The highest BCUT2D eigenvalue weighted by molar-refractivity contribution is 7.89. The van der Waals surface area contributed by atoms with Crippen molar-refractivity contribution in [2.24, 2.45) is 0 Å². The summed E-state index contributed by atoms with van der Waals surface area (Å²) in [6.45, 7) is 10.4. The topological polar surface area (TPSA) is 84.3 Å². The molecule has 1 saturated carbocycles. The molecule has 3 rings (SSSR count). The zero-order valence-electron chi connectivity index (χ0n) is 18.1. The summed E-state index contributed by atoms with van der Waals surface area (Å²) in [7, 11) is -3.66. The number of rotatable bonds is 7. The largest absolute Gasteiger partial charge is 0.319 e. The van der Waals surface area contributed by atoms with Crippen molar-refractivity contribution in [1.29, 1.82) is 0 Å². The van der Waals surface area contributed by atoms with Gasteiger partial charge in [0.15, 0.2) is 5.69 Å². The van der Waals surface area contributed by atoms with Crippen LogP contribution >= 0.6 is 11.6 Å². The average molecular weight is 453 g/mol. The number of carbonyl (C=O) groups is 1. The van der Waals surface area contributed by atoms with Crippen LogP contribution in [0, 0.1) is 0 Å². The highest BCUT2D eigenvalue weighted by Gasteiger charge is 2.32. The van der Waals surface area contributed by atoms with Gasteiger partial charge < -0.3 is 5.32 Å². The van der Waals surface area contributed by atoms with Crippen LogP contribution in [0.1, 0.15) is 69.6 Å². The van der Waals surface area contributed by atoms with Gasteiger partial charge >= 0.3 is 0 Å². The molecule has 1 aliphatic carbocycles. The Hall–Kier alpha value is -1.90. The van der Waals surface area contributed by atoms with Crippen molar-refractivity contribution >= 4 is 33.2 Å². The standard InChI is InChI=1S/C21H29ClN4O3S/c1-6-25(7-2)30(28,29)15-10-11-16(22)17(12-15)23-20(27)18-13-19(14-8-9-14)26(24-18)21(3,4)5/h10-14H,6-9H2,1-5H3,(H,23,27). The number of hydrogen-bond donors (Lipinski definition) is 1. The summed E-state index contributed by atoms with van der Waals surface area (Å²) in [4.78, 5) is 13.0. The van der Waals surface area contributed by atoms with Crippen molar-refractivity contribution in [2.75, 3.05) is 18.4 Å². The van der Waals surface area contributed by atoms with Crippen molar-refractivity contribution in [2.45, 2.75) is 63.8 Å². The number of benzene rings is 1. The molecule has 0 radical (unpaired) electrons. The molecule has 7 nitrogen and oxygen atoms in total. The number of nitrogens with zero attached hydrogens (tertiary/aromatic N) is 3. The minimum Gasteiger partial charge on any atom is -0.319 e. The van der Waals surface area contributed by atoms with Crippen LogP contribution in [-0.2, 0) is 15.6 Å². The molecular weight excluding hydrogens is 424 g/mol. The van der Waals surface area contributed by atoms with E-state index in [0.717, 1.165) is 18.5 Å². The molecule has 0 atom stereocenters. The predicted molar refractivity (Wildman–Crippen MR) is 119 cm³/mol. The summed E-state index contributed by atoms with van der Waals surface area (Å²) in [5, 5.41) is 7.53. The maximum absolute atomic E-state index is 12.9. The summed E-state index contributed by atoms with van der Waals surface area (Å²) in [5.74, 6) is 0.0172. The molecule has 9 heteroatoms. The zero-order valence-corrected chi connectivity index (χ0v) is 19.6. The summed E-state index contributed by atoms with van der Waals surface area (Å²) in [5.41, 5.74) is 1.34. The van der Waals surface area contributed by atoms with Gasteiger partial charge in [0.2, 0.25) is 10.0 Å². The highest BCUT2D eigenvalue weighted by atomic mass is 35.5. The molecule has 1 heterocycles. The van der Waals surface area contributed by atoms with E-state index in [4.69, 9.17) is 11.6 Å². The smallest absolute Gasteiger partial charge is 0.276 e. The van der Waals surface area contributed by atoms with E-state index in [9.17, 15) is 13.2 Å². The molecule has 0 saturated heterocycles.